The smallest absolute Gasteiger partial charge is 0.0948 e. The van der Waals surface area contributed by atoms with Gasteiger partial charge in [0.25, 0.3) is 0 Å². The number of hydrogen-bond acceptors (Lipinski definition) is 3. The molecule has 2 fully saturated rings. The number of aromatic nitrogens is 2. The van der Waals surface area contributed by atoms with Crippen molar-refractivity contribution in [2.75, 3.05) is 19.6 Å². The highest BCUT2D eigenvalue weighted by Gasteiger charge is 2.19. The van der Waals surface area contributed by atoms with Crippen molar-refractivity contribution in [1.82, 2.24) is 19.8 Å². The number of imidazole rings is 1. The highest BCUT2D eigenvalue weighted by atomic mass is 15.2. The van der Waals surface area contributed by atoms with Crippen LogP contribution in [0.4, 0.5) is 0 Å². The number of aryl methyl sites for hydroxylation is 1. The molecular formula is C17H30N4. The van der Waals surface area contributed by atoms with E-state index in [0.29, 0.717) is 6.04 Å². The maximum atomic E-state index is 4.39. The number of rotatable bonds is 5. The first kappa shape index (κ1) is 15.0. The van der Waals surface area contributed by atoms with Gasteiger partial charge in [-0.05, 0) is 52.1 Å². The summed E-state index contributed by atoms with van der Waals surface area (Å²) in [5, 5.41) is 3.64. The molecule has 0 amide bonds. The van der Waals surface area contributed by atoms with Gasteiger partial charge in [-0.15, -0.1) is 0 Å². The number of nitrogens with zero attached hydrogens (tertiary/aromatic N) is 3. The Bertz CT molecular complexity index is 422. The summed E-state index contributed by atoms with van der Waals surface area (Å²) in [4.78, 5) is 7.05. The van der Waals surface area contributed by atoms with Gasteiger partial charge in [0.2, 0.25) is 0 Å². The summed E-state index contributed by atoms with van der Waals surface area (Å²) in [6, 6.07) is 1.30. The Morgan fingerprint density at radius 3 is 2.90 bits per heavy atom. The molecule has 2 aliphatic rings. The largest absolute Gasteiger partial charge is 0.333 e. The molecule has 2 unspecified atom stereocenters. The molecule has 2 aliphatic heterocycles. The van der Waals surface area contributed by atoms with E-state index in [1.165, 1.54) is 63.7 Å². The maximum Gasteiger partial charge on any atom is 0.0948 e. The number of piperidine rings is 2. The standard InChI is InChI=1S/C17H30N4/c1-15-7-3-5-10-20(15)11-6-12-21-14-18-13-17(21)16-8-2-4-9-19-16/h13-16,19H,2-12H2,1H3. The molecule has 21 heavy (non-hydrogen) atoms. The molecule has 1 N–H and O–H groups in total. The van der Waals surface area contributed by atoms with Gasteiger partial charge in [-0.2, -0.15) is 0 Å². The van der Waals surface area contributed by atoms with E-state index >= 15 is 0 Å². The van der Waals surface area contributed by atoms with Crippen LogP contribution in [0.3, 0.4) is 0 Å². The predicted molar refractivity (Wildman–Crippen MR) is 86.3 cm³/mol. The van der Waals surface area contributed by atoms with E-state index in [9.17, 15) is 0 Å². The molecule has 3 heterocycles. The lowest BCUT2D eigenvalue weighted by molar-refractivity contribution is 0.156. The van der Waals surface area contributed by atoms with Crippen LogP contribution in [0.5, 0.6) is 0 Å². The van der Waals surface area contributed by atoms with Gasteiger partial charge in [0.15, 0.2) is 0 Å². The molecule has 2 saturated heterocycles. The van der Waals surface area contributed by atoms with Crippen LogP contribution in [0.15, 0.2) is 12.5 Å². The average molecular weight is 290 g/mol. The SMILES string of the molecule is CC1CCCCN1CCCn1cncc1C1CCCCN1. The Morgan fingerprint density at radius 2 is 2.10 bits per heavy atom. The second-order valence-corrected chi connectivity index (χ2v) is 6.75. The molecule has 1 aromatic rings. The third-order valence-corrected chi connectivity index (χ3v) is 5.20. The van der Waals surface area contributed by atoms with Crippen molar-refractivity contribution in [2.24, 2.45) is 0 Å². The van der Waals surface area contributed by atoms with Gasteiger partial charge < -0.3 is 14.8 Å². The average Bonchev–Trinajstić information content (AvgIpc) is 2.99. The first-order chi connectivity index (χ1) is 10.3. The lowest BCUT2D eigenvalue weighted by Gasteiger charge is -2.33. The lowest BCUT2D eigenvalue weighted by Crippen LogP contribution is -2.38. The molecule has 1 aromatic heterocycles. The highest BCUT2D eigenvalue weighted by Crippen LogP contribution is 2.23. The van der Waals surface area contributed by atoms with Crippen LogP contribution in [0.1, 0.15) is 63.6 Å². The zero-order valence-corrected chi connectivity index (χ0v) is 13.4. The zero-order valence-electron chi connectivity index (χ0n) is 13.4. The Balaban J connectivity index is 1.50. The van der Waals surface area contributed by atoms with Gasteiger partial charge in [0, 0.05) is 31.4 Å². The van der Waals surface area contributed by atoms with Crippen LogP contribution in [0, 0.1) is 0 Å². The number of hydrogen-bond donors (Lipinski definition) is 1. The predicted octanol–water partition coefficient (Wildman–Crippen LogP) is 2.96. The molecule has 0 bridgehead atoms. The zero-order chi connectivity index (χ0) is 14.5. The fourth-order valence-electron chi connectivity index (χ4n) is 3.85. The lowest BCUT2D eigenvalue weighted by atomic mass is 10.0. The van der Waals surface area contributed by atoms with E-state index in [0.717, 1.165) is 19.1 Å². The Morgan fingerprint density at radius 1 is 1.19 bits per heavy atom. The third kappa shape index (κ3) is 3.86. The molecule has 118 valence electrons. The second kappa shape index (κ2) is 7.41. The minimum atomic E-state index is 0.523. The van der Waals surface area contributed by atoms with Crippen molar-refractivity contribution >= 4 is 0 Å². The third-order valence-electron chi connectivity index (χ3n) is 5.20. The van der Waals surface area contributed by atoms with E-state index in [1.807, 2.05) is 6.33 Å². The summed E-state index contributed by atoms with van der Waals surface area (Å²) in [6.45, 7) is 7.17. The minimum Gasteiger partial charge on any atom is -0.333 e. The molecule has 3 rings (SSSR count). The van der Waals surface area contributed by atoms with E-state index in [1.54, 1.807) is 0 Å². The molecule has 0 spiro atoms. The van der Waals surface area contributed by atoms with E-state index in [-0.39, 0.29) is 0 Å². The van der Waals surface area contributed by atoms with Crippen LogP contribution in [-0.2, 0) is 6.54 Å². The summed E-state index contributed by atoms with van der Waals surface area (Å²) in [5.41, 5.74) is 1.39. The van der Waals surface area contributed by atoms with E-state index in [2.05, 4.69) is 32.9 Å². The molecule has 2 atom stereocenters. The first-order valence-electron chi connectivity index (χ1n) is 8.82. The summed E-state index contributed by atoms with van der Waals surface area (Å²) in [5.74, 6) is 0. The molecular weight excluding hydrogens is 260 g/mol. The van der Waals surface area contributed by atoms with E-state index in [4.69, 9.17) is 0 Å². The summed E-state index contributed by atoms with van der Waals surface area (Å²) < 4.78 is 2.37. The van der Waals surface area contributed by atoms with Crippen molar-refractivity contribution in [2.45, 2.75) is 70.5 Å². The Kier molecular flexibility index (Phi) is 5.31. The van der Waals surface area contributed by atoms with Crippen LogP contribution in [0.25, 0.3) is 0 Å². The highest BCUT2D eigenvalue weighted by molar-refractivity contribution is 5.06. The molecule has 0 radical (unpaired) electrons. The van der Waals surface area contributed by atoms with Crippen LogP contribution >= 0.6 is 0 Å². The summed E-state index contributed by atoms with van der Waals surface area (Å²) in [7, 11) is 0. The monoisotopic (exact) mass is 290 g/mol. The molecule has 0 saturated carbocycles. The topological polar surface area (TPSA) is 33.1 Å². The summed E-state index contributed by atoms with van der Waals surface area (Å²) >= 11 is 0. The van der Waals surface area contributed by atoms with Gasteiger partial charge in [0.1, 0.15) is 0 Å². The fourth-order valence-corrected chi connectivity index (χ4v) is 3.85. The van der Waals surface area contributed by atoms with Crippen LogP contribution in [-0.4, -0.2) is 40.1 Å². The quantitative estimate of drug-likeness (QED) is 0.905. The second-order valence-electron chi connectivity index (χ2n) is 6.75. The Labute approximate surface area is 128 Å². The molecule has 4 nitrogen and oxygen atoms in total. The van der Waals surface area contributed by atoms with E-state index < -0.39 is 0 Å². The summed E-state index contributed by atoms with van der Waals surface area (Å²) in [6.07, 6.45) is 13.4. The molecule has 0 aromatic carbocycles. The van der Waals surface area contributed by atoms with Crippen molar-refractivity contribution in [3.05, 3.63) is 18.2 Å². The van der Waals surface area contributed by atoms with Gasteiger partial charge >= 0.3 is 0 Å². The minimum absolute atomic E-state index is 0.523. The van der Waals surface area contributed by atoms with Gasteiger partial charge in [0.05, 0.1) is 12.0 Å². The Hall–Kier alpha value is -0.870. The fraction of sp³-hybridized carbons (Fsp3) is 0.824. The molecule has 0 aliphatic carbocycles. The van der Waals surface area contributed by atoms with Crippen LogP contribution < -0.4 is 5.32 Å². The van der Waals surface area contributed by atoms with Gasteiger partial charge in [-0.25, -0.2) is 4.98 Å². The molecule has 4 heteroatoms. The van der Waals surface area contributed by atoms with Crippen molar-refractivity contribution < 1.29 is 0 Å². The maximum absolute atomic E-state index is 4.39. The van der Waals surface area contributed by atoms with Crippen molar-refractivity contribution in [1.29, 1.82) is 0 Å². The normalized spacial score (nSPS) is 27.9. The van der Waals surface area contributed by atoms with Crippen molar-refractivity contribution in [3.8, 4) is 0 Å². The van der Waals surface area contributed by atoms with Crippen LogP contribution in [0.2, 0.25) is 0 Å². The van der Waals surface area contributed by atoms with Gasteiger partial charge in [-0.3, -0.25) is 0 Å². The number of likely N-dealkylation sites (tertiary alicyclic amines) is 1. The number of nitrogens with one attached hydrogen (secondary N) is 1. The first-order valence-corrected chi connectivity index (χ1v) is 8.82. The van der Waals surface area contributed by atoms with Crippen molar-refractivity contribution in [3.63, 3.8) is 0 Å². The van der Waals surface area contributed by atoms with Gasteiger partial charge in [-0.1, -0.05) is 12.8 Å².